The molecule has 29 heavy (non-hydrogen) atoms. The summed E-state index contributed by atoms with van der Waals surface area (Å²) in [6.07, 6.45) is 0. The first-order valence-corrected chi connectivity index (χ1v) is 11.2. The molecule has 0 spiro atoms. The van der Waals surface area contributed by atoms with Crippen molar-refractivity contribution in [2.75, 3.05) is 43.1 Å². The molecule has 0 unspecified atom stereocenters. The summed E-state index contributed by atoms with van der Waals surface area (Å²) in [7, 11) is -3.79. The second kappa shape index (κ2) is 7.86. The van der Waals surface area contributed by atoms with Gasteiger partial charge in [-0.15, -0.1) is 0 Å². The highest BCUT2D eigenvalue weighted by Gasteiger charge is 2.31. The summed E-state index contributed by atoms with van der Waals surface area (Å²) in [6.45, 7) is 1.03. The van der Waals surface area contributed by atoms with Crippen LogP contribution in [0.25, 0.3) is 0 Å². The normalized spacial score (nSPS) is 17.6. The Kier molecular flexibility index (Phi) is 5.43. The number of hydrogen-bond acceptors (Lipinski definition) is 5. The van der Waals surface area contributed by atoms with Crippen molar-refractivity contribution in [1.29, 1.82) is 0 Å². The molecule has 2 aliphatic rings. The van der Waals surface area contributed by atoms with Gasteiger partial charge in [-0.05, 0) is 46.3 Å². The predicted molar refractivity (Wildman–Crippen MR) is 110 cm³/mol. The lowest BCUT2D eigenvalue weighted by molar-refractivity contribution is -0.115. The van der Waals surface area contributed by atoms with Gasteiger partial charge in [-0.2, -0.15) is 4.31 Å². The number of amides is 2. The molecule has 8 nitrogen and oxygen atoms in total. The third kappa shape index (κ3) is 3.80. The van der Waals surface area contributed by atoms with E-state index in [1.165, 1.54) is 21.3 Å². The Morgan fingerprint density at radius 1 is 1.10 bits per heavy atom. The molecular weight excluding hydrogens is 462 g/mol. The van der Waals surface area contributed by atoms with Gasteiger partial charge in [-0.1, -0.05) is 12.1 Å². The van der Waals surface area contributed by atoms with Gasteiger partial charge in [0.2, 0.25) is 15.9 Å². The summed E-state index contributed by atoms with van der Waals surface area (Å²) < 4.78 is 33.1. The van der Waals surface area contributed by atoms with Crippen molar-refractivity contribution in [2.45, 2.75) is 4.90 Å². The summed E-state index contributed by atoms with van der Waals surface area (Å²) in [5.74, 6) is -0.756. The molecule has 1 N–H and O–H groups in total. The molecule has 1 fully saturated rings. The van der Waals surface area contributed by atoms with Crippen LogP contribution in [-0.2, 0) is 19.6 Å². The molecule has 0 saturated carbocycles. The van der Waals surface area contributed by atoms with Crippen molar-refractivity contribution in [3.63, 3.8) is 0 Å². The number of benzene rings is 2. The molecule has 152 valence electrons. The Bertz CT molecular complexity index is 1080. The Morgan fingerprint density at radius 2 is 1.83 bits per heavy atom. The maximum atomic E-state index is 13.2. The Morgan fingerprint density at radius 3 is 2.59 bits per heavy atom. The SMILES string of the molecule is O=C1CN(C(=O)c2ccc(Br)c(S(=O)(=O)N3CCOCC3)c2)c2ccccc2N1. The smallest absolute Gasteiger partial charge is 0.258 e. The number of halogens is 1. The van der Waals surface area contributed by atoms with Crippen LogP contribution in [0.4, 0.5) is 11.4 Å². The summed E-state index contributed by atoms with van der Waals surface area (Å²) in [4.78, 5) is 26.6. The molecule has 4 rings (SSSR count). The van der Waals surface area contributed by atoms with Gasteiger partial charge in [0.25, 0.3) is 5.91 Å². The zero-order valence-electron chi connectivity index (χ0n) is 15.3. The molecule has 2 aromatic rings. The van der Waals surface area contributed by atoms with Gasteiger partial charge in [0.05, 0.1) is 29.5 Å². The molecule has 0 aromatic heterocycles. The minimum Gasteiger partial charge on any atom is -0.379 e. The van der Waals surface area contributed by atoms with Gasteiger partial charge in [0, 0.05) is 23.1 Å². The minimum atomic E-state index is -3.79. The Balaban J connectivity index is 1.71. The molecule has 0 atom stereocenters. The topological polar surface area (TPSA) is 96.0 Å². The maximum absolute atomic E-state index is 13.2. The van der Waals surface area contributed by atoms with Crippen molar-refractivity contribution >= 4 is 49.1 Å². The molecule has 2 heterocycles. The molecule has 0 bridgehead atoms. The van der Waals surface area contributed by atoms with E-state index in [9.17, 15) is 18.0 Å². The number of anilines is 2. The minimum absolute atomic E-state index is 0.0139. The third-order valence-corrected chi connectivity index (χ3v) is 7.67. The molecule has 0 radical (unpaired) electrons. The monoisotopic (exact) mass is 479 g/mol. The van der Waals surface area contributed by atoms with E-state index in [2.05, 4.69) is 21.2 Å². The number of fused-ring (bicyclic) bond motifs is 1. The van der Waals surface area contributed by atoms with Crippen LogP contribution in [0.1, 0.15) is 10.4 Å². The van der Waals surface area contributed by atoms with Crippen LogP contribution in [0.2, 0.25) is 0 Å². The fraction of sp³-hybridized carbons (Fsp3) is 0.263. The summed E-state index contributed by atoms with van der Waals surface area (Å²) in [5.41, 5.74) is 1.29. The average molecular weight is 480 g/mol. The lowest BCUT2D eigenvalue weighted by Crippen LogP contribution is -2.42. The first-order valence-electron chi connectivity index (χ1n) is 8.96. The first-order chi connectivity index (χ1) is 13.9. The number of ether oxygens (including phenoxy) is 1. The maximum Gasteiger partial charge on any atom is 0.258 e. The fourth-order valence-electron chi connectivity index (χ4n) is 3.33. The van der Waals surface area contributed by atoms with Crippen molar-refractivity contribution < 1.29 is 22.7 Å². The lowest BCUT2D eigenvalue weighted by Gasteiger charge is -2.29. The van der Waals surface area contributed by atoms with Crippen LogP contribution in [0.5, 0.6) is 0 Å². The van der Waals surface area contributed by atoms with Crippen molar-refractivity contribution in [3.05, 3.63) is 52.5 Å². The van der Waals surface area contributed by atoms with E-state index in [0.717, 1.165) is 0 Å². The van der Waals surface area contributed by atoms with Gasteiger partial charge in [0.1, 0.15) is 6.54 Å². The molecule has 10 heteroatoms. The van der Waals surface area contributed by atoms with Crippen LogP contribution < -0.4 is 10.2 Å². The first kappa shape index (κ1) is 20.0. The fourth-order valence-corrected chi connectivity index (χ4v) is 5.69. The third-order valence-electron chi connectivity index (χ3n) is 4.78. The Labute approximate surface area is 176 Å². The Hall–Kier alpha value is -2.27. The molecule has 2 aliphatic heterocycles. The van der Waals surface area contributed by atoms with Gasteiger partial charge in [0.15, 0.2) is 0 Å². The van der Waals surface area contributed by atoms with E-state index in [-0.39, 0.29) is 36.0 Å². The van der Waals surface area contributed by atoms with E-state index >= 15 is 0 Å². The highest BCUT2D eigenvalue weighted by molar-refractivity contribution is 9.10. The summed E-state index contributed by atoms with van der Waals surface area (Å²) in [5, 5.41) is 2.73. The van der Waals surface area contributed by atoms with Crippen molar-refractivity contribution in [1.82, 2.24) is 4.31 Å². The van der Waals surface area contributed by atoms with Crippen molar-refractivity contribution in [3.8, 4) is 0 Å². The predicted octanol–water partition coefficient (Wildman–Crippen LogP) is 2.07. The van der Waals surface area contributed by atoms with E-state index in [4.69, 9.17) is 4.74 Å². The number of hydrogen-bond donors (Lipinski definition) is 1. The number of carbonyl (C=O) groups excluding carboxylic acids is 2. The molecule has 2 aromatic carbocycles. The van der Waals surface area contributed by atoms with Gasteiger partial charge in [-0.25, -0.2) is 8.42 Å². The highest BCUT2D eigenvalue weighted by atomic mass is 79.9. The second-order valence-corrected chi connectivity index (χ2v) is 9.38. The van der Waals surface area contributed by atoms with Crippen LogP contribution in [-0.4, -0.2) is 57.4 Å². The van der Waals surface area contributed by atoms with Crippen LogP contribution in [0, 0.1) is 0 Å². The summed E-state index contributed by atoms with van der Waals surface area (Å²) in [6, 6.07) is 11.4. The second-order valence-electron chi connectivity index (χ2n) is 6.62. The van der Waals surface area contributed by atoms with Gasteiger partial charge >= 0.3 is 0 Å². The standard InChI is InChI=1S/C19H18BrN3O5S/c20-14-6-5-13(11-17(14)29(26,27)22-7-9-28-10-8-22)19(25)23-12-18(24)21-15-3-1-2-4-16(15)23/h1-6,11H,7-10,12H2,(H,21,24). The lowest BCUT2D eigenvalue weighted by atomic mass is 10.1. The quantitative estimate of drug-likeness (QED) is 0.726. The number of morpholine rings is 1. The van der Waals surface area contributed by atoms with Crippen LogP contribution in [0.3, 0.4) is 0 Å². The van der Waals surface area contributed by atoms with E-state index in [0.29, 0.717) is 29.1 Å². The summed E-state index contributed by atoms with van der Waals surface area (Å²) >= 11 is 3.29. The largest absolute Gasteiger partial charge is 0.379 e. The number of para-hydroxylation sites is 2. The number of nitrogens with one attached hydrogen (secondary N) is 1. The number of rotatable bonds is 3. The average Bonchev–Trinajstić information content (AvgIpc) is 2.73. The highest BCUT2D eigenvalue weighted by Crippen LogP contribution is 2.32. The van der Waals surface area contributed by atoms with E-state index < -0.39 is 15.9 Å². The zero-order valence-corrected chi connectivity index (χ0v) is 17.7. The number of nitrogens with zero attached hydrogens (tertiary/aromatic N) is 2. The zero-order chi connectivity index (χ0) is 20.6. The van der Waals surface area contributed by atoms with E-state index in [1.54, 1.807) is 30.3 Å². The van der Waals surface area contributed by atoms with Gasteiger partial charge < -0.3 is 10.1 Å². The van der Waals surface area contributed by atoms with Gasteiger partial charge in [-0.3, -0.25) is 14.5 Å². The number of sulfonamides is 1. The molecule has 2 amide bonds. The van der Waals surface area contributed by atoms with Crippen LogP contribution in [0.15, 0.2) is 51.8 Å². The molecule has 1 saturated heterocycles. The number of carbonyl (C=O) groups is 2. The van der Waals surface area contributed by atoms with Crippen molar-refractivity contribution in [2.24, 2.45) is 0 Å². The molecular formula is C19H18BrN3O5S. The van der Waals surface area contributed by atoms with Crippen LogP contribution >= 0.6 is 15.9 Å². The molecule has 0 aliphatic carbocycles. The van der Waals surface area contributed by atoms with E-state index in [1.807, 2.05) is 0 Å².